The second-order valence-corrected chi connectivity index (χ2v) is 9.26. The normalized spacial score (nSPS) is 11.3. The quantitative estimate of drug-likeness (QED) is 0.442. The predicted molar refractivity (Wildman–Crippen MR) is 121 cm³/mol. The Hall–Kier alpha value is -3.49. The molecule has 0 saturated carbocycles. The van der Waals surface area contributed by atoms with Crippen LogP contribution in [0.15, 0.2) is 90.2 Å². The molecular formula is C23H17ClFN3O3S. The molecule has 9 heteroatoms. The van der Waals surface area contributed by atoms with Crippen LogP contribution in [0.25, 0.3) is 16.9 Å². The van der Waals surface area contributed by atoms with Gasteiger partial charge in [-0.25, -0.2) is 17.8 Å². The number of carbonyl (C=O) groups is 1. The number of benzene rings is 3. The molecule has 0 bridgehead atoms. The number of nitrogens with zero attached hydrogens (tertiary/aromatic N) is 2. The summed E-state index contributed by atoms with van der Waals surface area (Å²) in [6, 6.07) is 20.7. The van der Waals surface area contributed by atoms with E-state index in [1.54, 1.807) is 30.5 Å². The fourth-order valence-electron chi connectivity index (χ4n) is 3.08. The van der Waals surface area contributed by atoms with Gasteiger partial charge in [0.2, 0.25) is 20.9 Å². The molecule has 3 aromatic carbocycles. The Balaban J connectivity index is 1.69. The van der Waals surface area contributed by atoms with Gasteiger partial charge in [0.1, 0.15) is 11.6 Å². The van der Waals surface area contributed by atoms with Crippen LogP contribution in [0.5, 0.6) is 0 Å². The molecule has 0 aliphatic carbocycles. The minimum atomic E-state index is -4.13. The second-order valence-electron chi connectivity index (χ2n) is 6.94. The summed E-state index contributed by atoms with van der Waals surface area (Å²) in [5.74, 6) is -2.05. The fourth-order valence-corrected chi connectivity index (χ4v) is 4.45. The van der Waals surface area contributed by atoms with Crippen LogP contribution in [-0.2, 0) is 14.6 Å². The van der Waals surface area contributed by atoms with Crippen molar-refractivity contribution >= 4 is 33.0 Å². The van der Waals surface area contributed by atoms with Gasteiger partial charge < -0.3 is 5.32 Å². The first-order chi connectivity index (χ1) is 15.3. The van der Waals surface area contributed by atoms with Crippen LogP contribution >= 0.6 is 11.6 Å². The van der Waals surface area contributed by atoms with Gasteiger partial charge in [0.05, 0.1) is 5.69 Å². The number of hydrogen-bond donors (Lipinski definition) is 1. The maximum absolute atomic E-state index is 13.2. The number of sulfone groups is 1. The van der Waals surface area contributed by atoms with Crippen molar-refractivity contribution < 1.29 is 17.6 Å². The van der Waals surface area contributed by atoms with E-state index < -0.39 is 27.3 Å². The third-order valence-corrected chi connectivity index (χ3v) is 6.31. The van der Waals surface area contributed by atoms with Crippen molar-refractivity contribution in [2.75, 3.05) is 11.1 Å². The number of amides is 1. The molecule has 6 nitrogen and oxygen atoms in total. The number of anilines is 1. The average Bonchev–Trinajstić information content (AvgIpc) is 3.23. The highest BCUT2D eigenvalue weighted by Crippen LogP contribution is 2.25. The molecule has 0 saturated heterocycles. The van der Waals surface area contributed by atoms with Crippen molar-refractivity contribution in [3.63, 3.8) is 0 Å². The van der Waals surface area contributed by atoms with E-state index in [0.29, 0.717) is 16.4 Å². The number of hydrogen-bond acceptors (Lipinski definition) is 4. The molecule has 4 aromatic rings. The van der Waals surface area contributed by atoms with Crippen molar-refractivity contribution in [3.05, 3.63) is 95.9 Å². The van der Waals surface area contributed by atoms with Gasteiger partial charge in [-0.15, -0.1) is 0 Å². The summed E-state index contributed by atoms with van der Waals surface area (Å²) in [6.07, 6.45) is 1.60. The third kappa shape index (κ3) is 4.87. The average molecular weight is 470 g/mol. The van der Waals surface area contributed by atoms with Gasteiger partial charge in [0.15, 0.2) is 0 Å². The summed E-state index contributed by atoms with van der Waals surface area (Å²) in [4.78, 5) is 16.8. The lowest BCUT2D eigenvalue weighted by molar-refractivity contribution is -0.113. The highest BCUT2D eigenvalue weighted by molar-refractivity contribution is 7.92. The zero-order valence-corrected chi connectivity index (χ0v) is 18.1. The summed E-state index contributed by atoms with van der Waals surface area (Å²) in [5, 5.41) is 2.69. The first kappa shape index (κ1) is 21.7. The van der Waals surface area contributed by atoms with Gasteiger partial charge in [0, 0.05) is 28.2 Å². The molecule has 0 atom stereocenters. The largest absolute Gasteiger partial charge is 0.325 e. The summed E-state index contributed by atoms with van der Waals surface area (Å²) in [5.41, 5.74) is 1.99. The smallest absolute Gasteiger partial charge is 0.240 e. The Morgan fingerprint density at radius 3 is 2.28 bits per heavy atom. The Bertz CT molecular complexity index is 1350. The molecule has 4 rings (SSSR count). The molecule has 32 heavy (non-hydrogen) atoms. The summed E-state index contributed by atoms with van der Waals surface area (Å²) >= 11 is 5.97. The SMILES string of the molecule is O=C(CS(=O)(=O)c1nc(-c2ccccc2)cn1-c1ccc(Cl)cc1)Nc1ccc(F)cc1. The van der Waals surface area contributed by atoms with Gasteiger partial charge in [-0.1, -0.05) is 41.9 Å². The minimum absolute atomic E-state index is 0.270. The van der Waals surface area contributed by atoms with Gasteiger partial charge in [0.25, 0.3) is 0 Å². The van der Waals surface area contributed by atoms with Gasteiger partial charge >= 0.3 is 0 Å². The molecule has 0 spiro atoms. The number of rotatable bonds is 6. The maximum atomic E-state index is 13.2. The molecule has 1 amide bonds. The lowest BCUT2D eigenvalue weighted by Gasteiger charge is -2.09. The first-order valence-electron chi connectivity index (χ1n) is 9.51. The topological polar surface area (TPSA) is 81.1 Å². The van der Waals surface area contributed by atoms with Crippen molar-refractivity contribution in [1.29, 1.82) is 0 Å². The van der Waals surface area contributed by atoms with Gasteiger partial charge in [-0.3, -0.25) is 9.36 Å². The summed E-state index contributed by atoms with van der Waals surface area (Å²) < 4.78 is 40.8. The van der Waals surface area contributed by atoms with Crippen molar-refractivity contribution in [2.45, 2.75) is 5.16 Å². The highest BCUT2D eigenvalue weighted by atomic mass is 35.5. The molecule has 0 radical (unpaired) electrons. The molecule has 1 heterocycles. The van der Waals surface area contributed by atoms with Crippen LogP contribution in [0, 0.1) is 5.82 Å². The van der Waals surface area contributed by atoms with Crippen LogP contribution in [0.1, 0.15) is 0 Å². The third-order valence-electron chi connectivity index (χ3n) is 4.58. The standard InChI is InChI=1S/C23H17ClFN3O3S/c24-17-6-12-20(13-7-17)28-14-21(16-4-2-1-3-5-16)27-23(28)32(30,31)15-22(29)26-19-10-8-18(25)9-11-19/h1-14H,15H2,(H,26,29). The van der Waals surface area contributed by atoms with E-state index in [4.69, 9.17) is 11.6 Å². The van der Waals surface area contributed by atoms with E-state index in [0.717, 1.165) is 5.56 Å². The zero-order valence-electron chi connectivity index (χ0n) is 16.6. The molecule has 1 N–H and O–H groups in total. The van der Waals surface area contributed by atoms with Crippen LogP contribution in [0.2, 0.25) is 5.02 Å². The van der Waals surface area contributed by atoms with E-state index in [1.807, 2.05) is 30.3 Å². The second kappa shape index (κ2) is 8.94. The molecular weight excluding hydrogens is 453 g/mol. The van der Waals surface area contributed by atoms with E-state index in [2.05, 4.69) is 10.3 Å². The van der Waals surface area contributed by atoms with Crippen LogP contribution in [0.4, 0.5) is 10.1 Å². The number of carbonyl (C=O) groups excluding carboxylic acids is 1. The van der Waals surface area contributed by atoms with Gasteiger partial charge in [-0.05, 0) is 48.5 Å². The maximum Gasteiger partial charge on any atom is 0.240 e. The summed E-state index contributed by atoms with van der Waals surface area (Å²) in [7, 11) is -4.13. The Labute approximate surface area is 189 Å². The van der Waals surface area contributed by atoms with Gasteiger partial charge in [-0.2, -0.15) is 0 Å². The number of imidazole rings is 1. The Kier molecular flexibility index (Phi) is 6.07. The molecule has 0 fully saturated rings. The number of halogens is 2. The van der Waals surface area contributed by atoms with E-state index in [-0.39, 0.29) is 10.8 Å². The Morgan fingerprint density at radius 2 is 1.62 bits per heavy atom. The summed E-state index contributed by atoms with van der Waals surface area (Å²) in [6.45, 7) is 0. The molecule has 1 aromatic heterocycles. The molecule has 0 aliphatic heterocycles. The van der Waals surface area contributed by atoms with Crippen molar-refractivity contribution in [1.82, 2.24) is 9.55 Å². The molecule has 0 aliphatic rings. The van der Waals surface area contributed by atoms with Crippen LogP contribution in [-0.4, -0.2) is 29.6 Å². The lowest BCUT2D eigenvalue weighted by Crippen LogP contribution is -2.25. The zero-order chi connectivity index (χ0) is 22.7. The first-order valence-corrected chi connectivity index (χ1v) is 11.5. The van der Waals surface area contributed by atoms with E-state index in [1.165, 1.54) is 28.8 Å². The van der Waals surface area contributed by atoms with Crippen molar-refractivity contribution in [2.24, 2.45) is 0 Å². The van der Waals surface area contributed by atoms with E-state index >= 15 is 0 Å². The predicted octanol–water partition coefficient (Wildman–Crippen LogP) is 4.74. The fraction of sp³-hybridized carbons (Fsp3) is 0.0435. The number of nitrogens with one attached hydrogen (secondary N) is 1. The monoisotopic (exact) mass is 469 g/mol. The highest BCUT2D eigenvalue weighted by Gasteiger charge is 2.27. The van der Waals surface area contributed by atoms with Crippen LogP contribution < -0.4 is 5.32 Å². The minimum Gasteiger partial charge on any atom is -0.325 e. The van der Waals surface area contributed by atoms with Crippen molar-refractivity contribution in [3.8, 4) is 16.9 Å². The molecule has 162 valence electrons. The lowest BCUT2D eigenvalue weighted by atomic mass is 10.2. The molecule has 0 unspecified atom stereocenters. The van der Waals surface area contributed by atoms with Crippen LogP contribution in [0.3, 0.4) is 0 Å². The number of aromatic nitrogens is 2. The Morgan fingerprint density at radius 1 is 0.969 bits per heavy atom. The van der Waals surface area contributed by atoms with E-state index in [9.17, 15) is 17.6 Å².